The average molecular weight is 257 g/mol. The number of aromatic nitrogens is 2. The fourth-order valence-corrected chi connectivity index (χ4v) is 1.79. The van der Waals surface area contributed by atoms with Crippen molar-refractivity contribution < 1.29 is 4.74 Å². The van der Waals surface area contributed by atoms with Gasteiger partial charge < -0.3 is 10.1 Å². The number of nitrogens with one attached hydrogen (secondary N) is 1. The number of para-hydroxylation sites is 1. The maximum absolute atomic E-state index is 5.59. The summed E-state index contributed by atoms with van der Waals surface area (Å²) in [6, 6.07) is 7.83. The molecule has 0 atom stereocenters. The van der Waals surface area contributed by atoms with E-state index in [1.807, 2.05) is 43.6 Å². The number of hydrogen-bond donors (Lipinski definition) is 1. The van der Waals surface area contributed by atoms with Crippen molar-refractivity contribution in [1.82, 2.24) is 15.3 Å². The van der Waals surface area contributed by atoms with E-state index in [1.165, 1.54) is 0 Å². The molecule has 4 heteroatoms. The smallest absolute Gasteiger partial charge is 0.162 e. The van der Waals surface area contributed by atoms with Crippen molar-refractivity contribution in [3.05, 3.63) is 42.2 Å². The normalized spacial score (nSPS) is 10.4. The van der Waals surface area contributed by atoms with Gasteiger partial charge in [-0.05, 0) is 25.6 Å². The van der Waals surface area contributed by atoms with Crippen LogP contribution >= 0.6 is 0 Å². The van der Waals surface area contributed by atoms with Gasteiger partial charge in [0.15, 0.2) is 5.82 Å². The van der Waals surface area contributed by atoms with E-state index in [0.717, 1.165) is 30.0 Å². The van der Waals surface area contributed by atoms with Gasteiger partial charge in [0, 0.05) is 24.5 Å². The molecule has 1 aromatic heterocycles. The summed E-state index contributed by atoms with van der Waals surface area (Å²) in [6.07, 6.45) is 3.71. The molecule has 1 aromatic carbocycles. The molecule has 0 bridgehead atoms. The first kappa shape index (κ1) is 13.5. The second-order valence-electron chi connectivity index (χ2n) is 4.12. The van der Waals surface area contributed by atoms with E-state index < -0.39 is 0 Å². The minimum absolute atomic E-state index is 0.634. The molecule has 0 spiro atoms. The lowest BCUT2D eigenvalue weighted by Gasteiger charge is -2.09. The van der Waals surface area contributed by atoms with Gasteiger partial charge in [-0.3, -0.25) is 0 Å². The summed E-state index contributed by atoms with van der Waals surface area (Å²) in [5.74, 6) is 1.52. The Labute approximate surface area is 113 Å². The molecule has 0 radical (unpaired) electrons. The minimum atomic E-state index is 0.634. The Hall–Kier alpha value is -1.94. The average Bonchev–Trinajstić information content (AvgIpc) is 2.47. The van der Waals surface area contributed by atoms with Crippen LogP contribution in [-0.4, -0.2) is 23.1 Å². The fourth-order valence-electron chi connectivity index (χ4n) is 1.79. The molecule has 100 valence electrons. The van der Waals surface area contributed by atoms with Gasteiger partial charge in [-0.2, -0.15) is 0 Å². The molecular weight excluding hydrogens is 238 g/mol. The quantitative estimate of drug-likeness (QED) is 0.864. The van der Waals surface area contributed by atoms with Gasteiger partial charge in [0.1, 0.15) is 5.75 Å². The first-order valence-electron chi connectivity index (χ1n) is 6.59. The highest BCUT2D eigenvalue weighted by Gasteiger charge is 2.07. The van der Waals surface area contributed by atoms with E-state index in [0.29, 0.717) is 12.4 Å². The topological polar surface area (TPSA) is 47.0 Å². The Morgan fingerprint density at radius 1 is 1.11 bits per heavy atom. The molecule has 1 N–H and O–H groups in total. The molecule has 0 saturated carbocycles. The van der Waals surface area contributed by atoms with Crippen LogP contribution < -0.4 is 10.1 Å². The van der Waals surface area contributed by atoms with Crippen molar-refractivity contribution in [2.75, 3.05) is 13.2 Å². The molecule has 0 fully saturated rings. The van der Waals surface area contributed by atoms with E-state index >= 15 is 0 Å². The number of rotatable bonds is 6. The summed E-state index contributed by atoms with van der Waals surface area (Å²) >= 11 is 0. The lowest BCUT2D eigenvalue weighted by molar-refractivity contribution is 0.341. The van der Waals surface area contributed by atoms with Crippen LogP contribution in [0, 0.1) is 0 Å². The van der Waals surface area contributed by atoms with E-state index in [4.69, 9.17) is 4.74 Å². The molecule has 0 unspecified atom stereocenters. The van der Waals surface area contributed by atoms with Gasteiger partial charge in [0.2, 0.25) is 0 Å². The highest BCUT2D eigenvalue weighted by Crippen LogP contribution is 2.26. The fraction of sp³-hybridized carbons (Fsp3) is 0.333. The third kappa shape index (κ3) is 3.51. The largest absolute Gasteiger partial charge is 0.493 e. The summed E-state index contributed by atoms with van der Waals surface area (Å²) in [5.41, 5.74) is 2.01. The van der Waals surface area contributed by atoms with Crippen LogP contribution in [0.5, 0.6) is 5.75 Å². The van der Waals surface area contributed by atoms with Crippen LogP contribution in [0.25, 0.3) is 11.4 Å². The zero-order chi connectivity index (χ0) is 13.5. The van der Waals surface area contributed by atoms with Gasteiger partial charge in [-0.25, -0.2) is 9.97 Å². The molecular formula is C15H19N3O. The van der Waals surface area contributed by atoms with E-state index in [2.05, 4.69) is 22.2 Å². The van der Waals surface area contributed by atoms with Gasteiger partial charge >= 0.3 is 0 Å². The first-order valence-corrected chi connectivity index (χ1v) is 6.59. The Morgan fingerprint density at radius 2 is 1.84 bits per heavy atom. The molecule has 0 saturated heterocycles. The predicted octanol–water partition coefficient (Wildman–Crippen LogP) is 2.65. The third-order valence-electron chi connectivity index (χ3n) is 2.71. The summed E-state index contributed by atoms with van der Waals surface area (Å²) in [7, 11) is 0. The second kappa shape index (κ2) is 6.85. The first-order chi connectivity index (χ1) is 9.35. The van der Waals surface area contributed by atoms with E-state index in [1.54, 1.807) is 0 Å². The Morgan fingerprint density at radius 3 is 2.53 bits per heavy atom. The van der Waals surface area contributed by atoms with Crippen LogP contribution in [0.15, 0.2) is 36.7 Å². The molecule has 4 nitrogen and oxygen atoms in total. The Kier molecular flexibility index (Phi) is 4.86. The molecule has 2 aromatic rings. The van der Waals surface area contributed by atoms with Crippen molar-refractivity contribution in [2.45, 2.75) is 20.4 Å². The maximum Gasteiger partial charge on any atom is 0.162 e. The van der Waals surface area contributed by atoms with Crippen LogP contribution in [0.1, 0.15) is 19.4 Å². The standard InChI is InChI=1S/C15H19N3O/c1-3-16-9-12-10-17-15(18-11-12)13-7-5-6-8-14(13)19-4-2/h5-8,10-11,16H,3-4,9H2,1-2H3. The number of hydrogen-bond acceptors (Lipinski definition) is 4. The molecule has 0 aliphatic rings. The number of benzene rings is 1. The molecule has 2 rings (SSSR count). The molecule has 19 heavy (non-hydrogen) atoms. The summed E-state index contributed by atoms with van der Waals surface area (Å²) in [4.78, 5) is 8.83. The highest BCUT2D eigenvalue weighted by molar-refractivity contribution is 5.63. The minimum Gasteiger partial charge on any atom is -0.493 e. The van der Waals surface area contributed by atoms with Crippen molar-refractivity contribution in [3.63, 3.8) is 0 Å². The van der Waals surface area contributed by atoms with Crippen LogP contribution in [0.3, 0.4) is 0 Å². The van der Waals surface area contributed by atoms with Gasteiger partial charge in [0.25, 0.3) is 0 Å². The van der Waals surface area contributed by atoms with E-state index in [9.17, 15) is 0 Å². The summed E-state index contributed by atoms with van der Waals surface area (Å²) < 4.78 is 5.59. The van der Waals surface area contributed by atoms with Crippen molar-refractivity contribution in [3.8, 4) is 17.1 Å². The SMILES string of the molecule is CCNCc1cnc(-c2ccccc2OCC)nc1. The summed E-state index contributed by atoms with van der Waals surface area (Å²) in [5, 5.41) is 3.25. The van der Waals surface area contributed by atoms with Crippen molar-refractivity contribution in [2.24, 2.45) is 0 Å². The second-order valence-corrected chi connectivity index (χ2v) is 4.12. The lowest BCUT2D eigenvalue weighted by Crippen LogP contribution is -2.12. The van der Waals surface area contributed by atoms with Crippen molar-refractivity contribution >= 4 is 0 Å². The molecule has 0 aliphatic carbocycles. The van der Waals surface area contributed by atoms with Gasteiger partial charge in [-0.15, -0.1) is 0 Å². The van der Waals surface area contributed by atoms with Gasteiger partial charge in [-0.1, -0.05) is 19.1 Å². The maximum atomic E-state index is 5.59. The highest BCUT2D eigenvalue weighted by atomic mass is 16.5. The summed E-state index contributed by atoms with van der Waals surface area (Å²) in [6.45, 7) is 6.42. The predicted molar refractivity (Wildman–Crippen MR) is 76.0 cm³/mol. The molecule has 0 amide bonds. The number of ether oxygens (including phenoxy) is 1. The Bertz CT molecular complexity index is 511. The van der Waals surface area contributed by atoms with E-state index in [-0.39, 0.29) is 0 Å². The molecule has 0 aliphatic heterocycles. The lowest BCUT2D eigenvalue weighted by atomic mass is 10.2. The zero-order valence-electron chi connectivity index (χ0n) is 11.4. The Balaban J connectivity index is 2.22. The van der Waals surface area contributed by atoms with Crippen LogP contribution in [-0.2, 0) is 6.54 Å². The van der Waals surface area contributed by atoms with Crippen LogP contribution in [0.4, 0.5) is 0 Å². The zero-order valence-corrected chi connectivity index (χ0v) is 11.4. The third-order valence-corrected chi connectivity index (χ3v) is 2.71. The molecule has 1 heterocycles. The van der Waals surface area contributed by atoms with Crippen LogP contribution in [0.2, 0.25) is 0 Å². The number of nitrogens with zero attached hydrogens (tertiary/aromatic N) is 2. The monoisotopic (exact) mass is 257 g/mol. The van der Waals surface area contributed by atoms with Gasteiger partial charge in [0.05, 0.1) is 12.2 Å². The van der Waals surface area contributed by atoms with Crippen molar-refractivity contribution in [1.29, 1.82) is 0 Å².